The summed E-state index contributed by atoms with van der Waals surface area (Å²) in [5, 5.41) is 10.4. The maximum Gasteiger partial charge on any atom is 0.257 e. The Balaban J connectivity index is 1.72. The molecule has 0 aromatic carbocycles. The summed E-state index contributed by atoms with van der Waals surface area (Å²) in [7, 11) is 2.16. The summed E-state index contributed by atoms with van der Waals surface area (Å²) in [6.45, 7) is 6.42. The Labute approximate surface area is 116 Å². The van der Waals surface area contributed by atoms with Crippen molar-refractivity contribution < 1.29 is 4.42 Å². The van der Waals surface area contributed by atoms with Crippen molar-refractivity contribution in [2.24, 2.45) is 0 Å². The highest BCUT2D eigenvalue weighted by molar-refractivity contribution is 7.13. The highest BCUT2D eigenvalue weighted by Crippen LogP contribution is 2.27. The quantitative estimate of drug-likeness (QED) is 0.860. The molecular formula is C13H18N4OS. The molecule has 1 aliphatic heterocycles. The number of likely N-dealkylation sites (N-methyl/N-ethyl adjacent to an activating group) is 1. The van der Waals surface area contributed by atoms with E-state index in [1.165, 1.54) is 0 Å². The molecule has 1 fully saturated rings. The van der Waals surface area contributed by atoms with Crippen molar-refractivity contribution in [2.45, 2.75) is 13.0 Å². The van der Waals surface area contributed by atoms with Crippen LogP contribution in [-0.4, -0.2) is 53.2 Å². The van der Waals surface area contributed by atoms with E-state index in [4.69, 9.17) is 4.42 Å². The molecule has 0 bridgehead atoms. The zero-order valence-electron chi connectivity index (χ0n) is 11.2. The van der Waals surface area contributed by atoms with Crippen LogP contribution in [-0.2, 0) is 0 Å². The standard InChI is InChI=1S/C13H18N4OS/c1-10(17-7-5-16(2)6-8-17)12-14-15-13(18-12)11-4-3-9-19-11/h3-4,9-10H,5-8H2,1-2H3. The summed E-state index contributed by atoms with van der Waals surface area (Å²) in [4.78, 5) is 5.77. The molecule has 0 amide bonds. The maximum absolute atomic E-state index is 5.80. The van der Waals surface area contributed by atoms with Crippen LogP contribution in [0.15, 0.2) is 21.9 Å². The minimum Gasteiger partial charge on any atom is -0.418 e. The lowest BCUT2D eigenvalue weighted by Crippen LogP contribution is -2.45. The van der Waals surface area contributed by atoms with Gasteiger partial charge in [0.2, 0.25) is 5.89 Å². The Morgan fingerprint density at radius 2 is 2.05 bits per heavy atom. The summed E-state index contributed by atoms with van der Waals surface area (Å²) in [5.74, 6) is 1.35. The van der Waals surface area contributed by atoms with Gasteiger partial charge in [0.25, 0.3) is 5.89 Å². The molecule has 19 heavy (non-hydrogen) atoms. The van der Waals surface area contributed by atoms with E-state index in [9.17, 15) is 0 Å². The fraction of sp³-hybridized carbons (Fsp3) is 0.538. The fourth-order valence-corrected chi connectivity index (χ4v) is 2.91. The molecule has 5 nitrogen and oxygen atoms in total. The van der Waals surface area contributed by atoms with E-state index in [1.807, 2.05) is 17.5 Å². The van der Waals surface area contributed by atoms with Crippen molar-refractivity contribution in [1.29, 1.82) is 0 Å². The number of nitrogens with zero attached hydrogens (tertiary/aromatic N) is 4. The second kappa shape index (κ2) is 5.40. The van der Waals surface area contributed by atoms with E-state index in [0.29, 0.717) is 11.8 Å². The Morgan fingerprint density at radius 1 is 1.26 bits per heavy atom. The van der Waals surface area contributed by atoms with Crippen LogP contribution in [0, 0.1) is 0 Å². The van der Waals surface area contributed by atoms with E-state index in [2.05, 4.69) is 34.0 Å². The summed E-state index contributed by atoms with van der Waals surface area (Å²) in [6.07, 6.45) is 0. The van der Waals surface area contributed by atoms with Gasteiger partial charge in [0.15, 0.2) is 0 Å². The van der Waals surface area contributed by atoms with Crippen LogP contribution in [0.1, 0.15) is 18.9 Å². The molecule has 0 saturated carbocycles. The summed E-state index contributed by atoms with van der Waals surface area (Å²) in [6, 6.07) is 4.19. The van der Waals surface area contributed by atoms with Gasteiger partial charge in [-0.2, -0.15) is 0 Å². The summed E-state index contributed by atoms with van der Waals surface area (Å²) >= 11 is 1.62. The van der Waals surface area contributed by atoms with Crippen LogP contribution < -0.4 is 0 Å². The Hall–Kier alpha value is -1.24. The van der Waals surface area contributed by atoms with Gasteiger partial charge in [-0.05, 0) is 25.4 Å². The van der Waals surface area contributed by atoms with Gasteiger partial charge < -0.3 is 9.32 Å². The molecule has 0 aliphatic carbocycles. The zero-order chi connectivity index (χ0) is 13.2. The largest absolute Gasteiger partial charge is 0.418 e. The smallest absolute Gasteiger partial charge is 0.257 e. The predicted octanol–water partition coefficient (Wildman–Crippen LogP) is 2.11. The minimum atomic E-state index is 0.190. The van der Waals surface area contributed by atoms with Crippen molar-refractivity contribution in [2.75, 3.05) is 33.2 Å². The SMILES string of the molecule is CC(c1nnc(-c2cccs2)o1)N1CCN(C)CC1. The molecule has 0 radical (unpaired) electrons. The van der Waals surface area contributed by atoms with Crippen molar-refractivity contribution in [1.82, 2.24) is 20.0 Å². The first-order valence-corrected chi connectivity index (χ1v) is 7.42. The molecule has 1 aliphatic rings. The molecule has 1 unspecified atom stereocenters. The van der Waals surface area contributed by atoms with Crippen molar-refractivity contribution in [3.63, 3.8) is 0 Å². The van der Waals surface area contributed by atoms with E-state index in [0.717, 1.165) is 31.1 Å². The minimum absolute atomic E-state index is 0.190. The first kappa shape index (κ1) is 12.8. The molecule has 2 aromatic rings. The maximum atomic E-state index is 5.80. The third-order valence-electron chi connectivity index (χ3n) is 3.62. The predicted molar refractivity (Wildman–Crippen MR) is 75.1 cm³/mol. The van der Waals surface area contributed by atoms with Crippen LogP contribution >= 0.6 is 11.3 Å². The Bertz CT molecular complexity index is 516. The molecule has 1 saturated heterocycles. The van der Waals surface area contributed by atoms with Crippen molar-refractivity contribution >= 4 is 11.3 Å². The second-order valence-electron chi connectivity index (χ2n) is 4.94. The first-order chi connectivity index (χ1) is 9.24. The van der Waals surface area contributed by atoms with Crippen LogP contribution in [0.25, 0.3) is 10.8 Å². The summed E-state index contributed by atoms with van der Waals surface area (Å²) < 4.78 is 5.80. The van der Waals surface area contributed by atoms with Crippen LogP contribution in [0.4, 0.5) is 0 Å². The molecule has 6 heteroatoms. The third-order valence-corrected chi connectivity index (χ3v) is 4.47. The van der Waals surface area contributed by atoms with Crippen molar-refractivity contribution in [3.8, 4) is 10.8 Å². The average Bonchev–Trinajstić information content (AvgIpc) is 3.10. The second-order valence-corrected chi connectivity index (χ2v) is 5.89. The van der Waals surface area contributed by atoms with Gasteiger partial charge in [-0.15, -0.1) is 21.5 Å². The van der Waals surface area contributed by atoms with Gasteiger partial charge in [-0.3, -0.25) is 4.90 Å². The molecule has 0 N–H and O–H groups in total. The van der Waals surface area contributed by atoms with Crippen LogP contribution in [0.5, 0.6) is 0 Å². The van der Waals surface area contributed by atoms with Gasteiger partial charge >= 0.3 is 0 Å². The normalized spacial score (nSPS) is 19.7. The topological polar surface area (TPSA) is 45.4 Å². The van der Waals surface area contributed by atoms with E-state index < -0.39 is 0 Å². The first-order valence-electron chi connectivity index (χ1n) is 6.54. The number of rotatable bonds is 3. The van der Waals surface area contributed by atoms with Crippen molar-refractivity contribution in [3.05, 3.63) is 23.4 Å². The molecule has 3 rings (SSSR count). The highest BCUT2D eigenvalue weighted by Gasteiger charge is 2.24. The molecular weight excluding hydrogens is 260 g/mol. The van der Waals surface area contributed by atoms with Gasteiger partial charge in [0, 0.05) is 26.2 Å². The highest BCUT2D eigenvalue weighted by atomic mass is 32.1. The number of piperazine rings is 1. The molecule has 3 heterocycles. The monoisotopic (exact) mass is 278 g/mol. The Kier molecular flexibility index (Phi) is 3.63. The van der Waals surface area contributed by atoms with Gasteiger partial charge in [0.05, 0.1) is 10.9 Å². The summed E-state index contributed by atoms with van der Waals surface area (Å²) in [5.41, 5.74) is 0. The zero-order valence-corrected chi connectivity index (χ0v) is 12.1. The van der Waals surface area contributed by atoms with E-state index in [-0.39, 0.29) is 6.04 Å². The molecule has 102 valence electrons. The number of thiophene rings is 1. The molecule has 0 spiro atoms. The van der Waals surface area contributed by atoms with Gasteiger partial charge in [0.1, 0.15) is 0 Å². The number of hydrogen-bond acceptors (Lipinski definition) is 6. The van der Waals surface area contributed by atoms with Gasteiger partial charge in [-0.25, -0.2) is 0 Å². The average molecular weight is 278 g/mol. The number of hydrogen-bond donors (Lipinski definition) is 0. The lowest BCUT2D eigenvalue weighted by Gasteiger charge is -2.34. The van der Waals surface area contributed by atoms with Crippen LogP contribution in [0.3, 0.4) is 0 Å². The lowest BCUT2D eigenvalue weighted by molar-refractivity contribution is 0.106. The Morgan fingerprint density at radius 3 is 2.74 bits per heavy atom. The molecule has 2 aromatic heterocycles. The molecule has 1 atom stereocenters. The third kappa shape index (κ3) is 2.70. The van der Waals surface area contributed by atoms with Gasteiger partial charge in [-0.1, -0.05) is 6.07 Å². The number of aromatic nitrogens is 2. The fourth-order valence-electron chi connectivity index (χ4n) is 2.27. The lowest BCUT2D eigenvalue weighted by atomic mass is 10.2. The van der Waals surface area contributed by atoms with E-state index in [1.54, 1.807) is 11.3 Å². The van der Waals surface area contributed by atoms with Crippen LogP contribution in [0.2, 0.25) is 0 Å². The van der Waals surface area contributed by atoms with E-state index >= 15 is 0 Å².